The monoisotopic (exact) mass is 295 g/mol. The molecule has 106 valence electrons. The largest absolute Gasteiger partial charge is 0.480 e. The van der Waals surface area contributed by atoms with Gasteiger partial charge in [0, 0.05) is 6.54 Å². The van der Waals surface area contributed by atoms with E-state index in [2.05, 4.69) is 10.2 Å². The Morgan fingerprint density at radius 3 is 2.63 bits per heavy atom. The molecule has 1 aliphatic heterocycles. The Morgan fingerprint density at radius 2 is 2.05 bits per heavy atom. The van der Waals surface area contributed by atoms with E-state index in [4.69, 9.17) is 5.11 Å². The van der Waals surface area contributed by atoms with Gasteiger partial charge in [0.1, 0.15) is 6.04 Å². The minimum absolute atomic E-state index is 0.0293. The van der Waals surface area contributed by atoms with Gasteiger partial charge in [-0.2, -0.15) is 13.2 Å². The molecule has 1 aliphatic rings. The Kier molecular flexibility index (Phi) is 3.93. The fraction of sp³-hybridized carbons (Fsp3) is 0.700. The van der Waals surface area contributed by atoms with Crippen molar-refractivity contribution < 1.29 is 23.1 Å². The summed E-state index contributed by atoms with van der Waals surface area (Å²) in [5, 5.41) is 14.7. The van der Waals surface area contributed by atoms with Crippen molar-refractivity contribution in [3.8, 4) is 0 Å². The van der Waals surface area contributed by atoms with E-state index in [-0.39, 0.29) is 5.13 Å². The van der Waals surface area contributed by atoms with Gasteiger partial charge in [0.15, 0.2) is 0 Å². The average molecular weight is 295 g/mol. The van der Waals surface area contributed by atoms with Crippen LogP contribution in [0, 0.1) is 0 Å². The molecule has 0 spiro atoms. The second-order valence-electron chi connectivity index (χ2n) is 4.28. The fourth-order valence-electron chi connectivity index (χ4n) is 2.04. The van der Waals surface area contributed by atoms with Gasteiger partial charge in [0.2, 0.25) is 10.1 Å². The highest BCUT2D eigenvalue weighted by atomic mass is 32.1. The normalized spacial score (nSPS) is 21.2. The number of hydrogen-bond donors (Lipinski definition) is 1. The van der Waals surface area contributed by atoms with Crippen LogP contribution >= 0.6 is 11.3 Å². The van der Waals surface area contributed by atoms with Gasteiger partial charge in [-0.1, -0.05) is 24.2 Å². The number of nitrogens with zero attached hydrogens (tertiary/aromatic N) is 3. The zero-order valence-corrected chi connectivity index (χ0v) is 10.7. The first-order valence-corrected chi connectivity index (χ1v) is 6.61. The lowest BCUT2D eigenvalue weighted by Gasteiger charge is -2.25. The first-order valence-electron chi connectivity index (χ1n) is 5.80. The van der Waals surface area contributed by atoms with E-state index in [0.29, 0.717) is 24.3 Å². The van der Waals surface area contributed by atoms with Crippen molar-refractivity contribution in [1.29, 1.82) is 0 Å². The number of anilines is 1. The smallest absolute Gasteiger partial charge is 0.445 e. The molecule has 9 heteroatoms. The molecule has 1 N–H and O–H groups in total. The quantitative estimate of drug-likeness (QED) is 0.907. The van der Waals surface area contributed by atoms with E-state index in [1.54, 1.807) is 0 Å². The third kappa shape index (κ3) is 3.14. The van der Waals surface area contributed by atoms with Crippen LogP contribution in [-0.4, -0.2) is 33.9 Å². The molecule has 0 aromatic carbocycles. The highest BCUT2D eigenvalue weighted by Crippen LogP contribution is 2.35. The molecule has 2 heterocycles. The Bertz CT molecular complexity index is 463. The highest BCUT2D eigenvalue weighted by Gasteiger charge is 2.37. The summed E-state index contributed by atoms with van der Waals surface area (Å²) >= 11 is 0.392. The summed E-state index contributed by atoms with van der Waals surface area (Å²) in [6, 6.07) is -0.823. The zero-order chi connectivity index (χ0) is 14.0. The fourth-order valence-corrected chi connectivity index (χ4v) is 2.83. The molecule has 19 heavy (non-hydrogen) atoms. The van der Waals surface area contributed by atoms with E-state index in [1.165, 1.54) is 4.90 Å². The van der Waals surface area contributed by atoms with Gasteiger partial charge >= 0.3 is 12.1 Å². The molecule has 1 fully saturated rings. The lowest BCUT2D eigenvalue weighted by molar-refractivity contribution is -0.139. The summed E-state index contributed by atoms with van der Waals surface area (Å²) in [6.45, 7) is 0.392. The number of carboxylic acid groups (broad SMARTS) is 1. The second kappa shape index (κ2) is 5.32. The molecule has 0 saturated carbocycles. The molecule has 1 aromatic rings. The standard InChI is InChI=1S/C10H12F3N3O2S/c11-10(12,13)8-14-15-9(19-8)16-5-3-1-2-4-6(16)7(17)18/h6H,1-5H2,(H,17,18). The molecule has 1 atom stereocenters. The van der Waals surface area contributed by atoms with Crippen LogP contribution in [0.2, 0.25) is 0 Å². The van der Waals surface area contributed by atoms with Crippen LogP contribution in [0.1, 0.15) is 30.7 Å². The van der Waals surface area contributed by atoms with E-state index in [0.717, 1.165) is 19.3 Å². The summed E-state index contributed by atoms with van der Waals surface area (Å²) in [5.74, 6) is -1.04. The van der Waals surface area contributed by atoms with Crippen LogP contribution in [0.3, 0.4) is 0 Å². The molecule has 0 radical (unpaired) electrons. The lowest BCUT2D eigenvalue weighted by Crippen LogP contribution is -2.40. The zero-order valence-electron chi connectivity index (χ0n) is 9.85. The Labute approximate surface area is 111 Å². The maximum Gasteiger partial charge on any atom is 0.445 e. The Balaban J connectivity index is 2.26. The average Bonchev–Trinajstić information content (AvgIpc) is 2.67. The van der Waals surface area contributed by atoms with Crippen molar-refractivity contribution in [3.05, 3.63) is 5.01 Å². The number of hydrogen-bond acceptors (Lipinski definition) is 5. The summed E-state index contributed by atoms with van der Waals surface area (Å²) in [4.78, 5) is 12.6. The van der Waals surface area contributed by atoms with Gasteiger partial charge < -0.3 is 10.0 Å². The summed E-state index contributed by atoms with van der Waals surface area (Å²) in [5.41, 5.74) is 0. The predicted octanol–water partition coefficient (Wildman–Crippen LogP) is 2.39. The summed E-state index contributed by atoms with van der Waals surface area (Å²) < 4.78 is 37.4. The molecule has 1 unspecified atom stereocenters. The second-order valence-corrected chi connectivity index (χ2v) is 5.24. The molecule has 1 saturated heterocycles. The number of aromatic nitrogens is 2. The predicted molar refractivity (Wildman–Crippen MR) is 62.1 cm³/mol. The molecule has 5 nitrogen and oxygen atoms in total. The van der Waals surface area contributed by atoms with Crippen molar-refractivity contribution in [2.24, 2.45) is 0 Å². The van der Waals surface area contributed by atoms with E-state index >= 15 is 0 Å². The molecular weight excluding hydrogens is 283 g/mol. The summed E-state index contributed by atoms with van der Waals surface area (Å²) in [6.07, 6.45) is -1.77. The molecule has 0 bridgehead atoms. The minimum Gasteiger partial charge on any atom is -0.480 e. The van der Waals surface area contributed by atoms with Gasteiger partial charge in [-0.3, -0.25) is 0 Å². The first-order chi connectivity index (χ1) is 8.89. The molecular formula is C10H12F3N3O2S. The lowest BCUT2D eigenvalue weighted by atomic mass is 10.1. The molecule has 0 amide bonds. The number of carboxylic acids is 1. The maximum atomic E-state index is 12.5. The molecule has 2 rings (SSSR count). The van der Waals surface area contributed by atoms with Gasteiger partial charge in [-0.05, 0) is 12.8 Å². The molecule has 0 aliphatic carbocycles. The van der Waals surface area contributed by atoms with Gasteiger partial charge in [0.25, 0.3) is 0 Å². The van der Waals surface area contributed by atoms with Crippen LogP contribution in [-0.2, 0) is 11.0 Å². The van der Waals surface area contributed by atoms with Crippen LogP contribution in [0.5, 0.6) is 0 Å². The third-order valence-electron chi connectivity index (χ3n) is 2.94. The summed E-state index contributed by atoms with van der Waals surface area (Å²) in [7, 11) is 0. The van der Waals surface area contributed by atoms with Crippen molar-refractivity contribution >= 4 is 22.4 Å². The van der Waals surface area contributed by atoms with E-state index in [1.807, 2.05) is 0 Å². The number of aliphatic carboxylic acids is 1. The number of carbonyl (C=O) groups is 1. The van der Waals surface area contributed by atoms with Crippen LogP contribution < -0.4 is 4.90 Å². The topological polar surface area (TPSA) is 66.3 Å². The number of halogens is 3. The Morgan fingerprint density at radius 1 is 1.32 bits per heavy atom. The third-order valence-corrected chi connectivity index (χ3v) is 3.95. The van der Waals surface area contributed by atoms with Crippen LogP contribution in [0.4, 0.5) is 18.3 Å². The first kappa shape index (κ1) is 14.0. The van der Waals surface area contributed by atoms with Crippen molar-refractivity contribution in [2.75, 3.05) is 11.4 Å². The highest BCUT2D eigenvalue weighted by molar-refractivity contribution is 7.15. The van der Waals surface area contributed by atoms with Crippen molar-refractivity contribution in [2.45, 2.75) is 37.9 Å². The van der Waals surface area contributed by atoms with E-state index < -0.39 is 23.2 Å². The Hall–Kier alpha value is -1.38. The van der Waals surface area contributed by atoms with E-state index in [9.17, 15) is 18.0 Å². The molecule has 1 aromatic heterocycles. The van der Waals surface area contributed by atoms with Crippen molar-refractivity contribution in [1.82, 2.24) is 10.2 Å². The van der Waals surface area contributed by atoms with Gasteiger partial charge in [-0.15, -0.1) is 10.2 Å². The SMILES string of the molecule is O=C(O)C1CCCCCN1c1nnc(C(F)(F)F)s1. The number of rotatable bonds is 2. The van der Waals surface area contributed by atoms with Gasteiger partial charge in [0.05, 0.1) is 0 Å². The minimum atomic E-state index is -4.54. The van der Waals surface area contributed by atoms with Gasteiger partial charge in [-0.25, -0.2) is 4.79 Å². The number of alkyl halides is 3. The van der Waals surface area contributed by atoms with Crippen LogP contribution in [0.15, 0.2) is 0 Å². The van der Waals surface area contributed by atoms with Crippen molar-refractivity contribution in [3.63, 3.8) is 0 Å². The van der Waals surface area contributed by atoms with Crippen LogP contribution in [0.25, 0.3) is 0 Å². The maximum absolute atomic E-state index is 12.5.